The Labute approximate surface area is 307 Å². The lowest BCUT2D eigenvalue weighted by atomic mass is 9.72. The van der Waals surface area contributed by atoms with Gasteiger partial charge < -0.3 is 4.57 Å². The highest BCUT2D eigenvalue weighted by Gasteiger charge is 2.70. The number of hydrogen-bond acceptors (Lipinski definition) is 1. The van der Waals surface area contributed by atoms with Crippen LogP contribution in [0, 0.1) is 0 Å². The molecule has 250 valence electrons. The molecule has 14 rings (SSSR count). The van der Waals surface area contributed by atoms with E-state index in [1.54, 1.807) is 0 Å². The fraction of sp³-hybridized carbons (Fsp3) is 0.149. The van der Waals surface area contributed by atoms with Crippen molar-refractivity contribution in [3.8, 4) is 22.9 Å². The van der Waals surface area contributed by atoms with E-state index in [0.29, 0.717) is 0 Å². The van der Waals surface area contributed by atoms with Crippen molar-refractivity contribution < 1.29 is 9.13 Å². The minimum atomic E-state index is -1.77. The topological polar surface area (TPSA) is 20.9 Å². The van der Waals surface area contributed by atoms with Gasteiger partial charge in [0, 0.05) is 38.6 Å². The molecule has 0 saturated carbocycles. The molecule has 9 heterocycles. The van der Waals surface area contributed by atoms with Crippen LogP contribution >= 0.6 is 0 Å². The molecule has 0 amide bonds. The van der Waals surface area contributed by atoms with Crippen molar-refractivity contribution in [2.75, 3.05) is 4.90 Å². The van der Waals surface area contributed by atoms with E-state index in [0.717, 1.165) is 0 Å². The van der Waals surface area contributed by atoms with Gasteiger partial charge in [-0.2, -0.15) is 18.6 Å². The molecule has 53 heavy (non-hydrogen) atoms. The summed E-state index contributed by atoms with van der Waals surface area (Å²) in [5.74, 6) is 2.56. The van der Waals surface area contributed by atoms with E-state index < -0.39 is 13.7 Å². The lowest BCUT2D eigenvalue weighted by Crippen LogP contribution is -2.76. The number of rotatable bonds is 1. The molecule has 5 aliphatic rings. The first kappa shape index (κ1) is 27.6. The lowest BCUT2D eigenvalue weighted by molar-refractivity contribution is -0.931. The van der Waals surface area contributed by atoms with Crippen LogP contribution in [-0.4, -0.2) is 17.2 Å². The number of benzene rings is 5. The van der Waals surface area contributed by atoms with Gasteiger partial charge in [-0.3, -0.25) is 0 Å². The van der Waals surface area contributed by atoms with Crippen LogP contribution < -0.4 is 19.2 Å². The summed E-state index contributed by atoms with van der Waals surface area (Å²) in [4.78, 5) is 2.62. The van der Waals surface area contributed by atoms with Crippen LogP contribution in [0.1, 0.15) is 36.1 Å². The molecule has 0 N–H and O–H groups in total. The van der Waals surface area contributed by atoms with E-state index in [1.165, 1.54) is 111 Å². The van der Waals surface area contributed by atoms with Gasteiger partial charge in [0.15, 0.2) is 16.9 Å². The van der Waals surface area contributed by atoms with Crippen LogP contribution in [-0.2, 0) is 11.1 Å². The number of hydrogen-bond donors (Lipinski definition) is 0. The molecule has 1 atom stereocenters. The number of nitrogens with zero attached hydrogens (tertiary/aromatic N) is 5. The number of pyridine rings is 2. The van der Waals surface area contributed by atoms with Gasteiger partial charge in [-0.15, -0.1) is 0 Å². The van der Waals surface area contributed by atoms with Crippen LogP contribution in [0.15, 0.2) is 121 Å². The van der Waals surface area contributed by atoms with Gasteiger partial charge in [0.1, 0.15) is 28.0 Å². The predicted octanol–water partition coefficient (Wildman–Crippen LogP) is 9.33. The molecule has 0 bridgehead atoms. The molecule has 1 spiro atoms. The third-order valence-electron chi connectivity index (χ3n) is 13.6. The molecule has 6 heteroatoms. The number of anilines is 3. The van der Waals surface area contributed by atoms with Gasteiger partial charge in [-0.05, 0) is 65.9 Å². The zero-order valence-electron chi connectivity index (χ0n) is 30.3. The van der Waals surface area contributed by atoms with Crippen molar-refractivity contribution in [3.63, 3.8) is 0 Å². The second-order valence-electron chi connectivity index (χ2n) is 17.4. The maximum Gasteiger partial charge on any atom is 0.319 e. The fourth-order valence-corrected chi connectivity index (χ4v) is 12.6. The Morgan fingerprint density at radius 3 is 1.96 bits per heavy atom. The van der Waals surface area contributed by atoms with E-state index in [4.69, 9.17) is 0 Å². The second-order valence-corrected chi connectivity index (χ2v) is 22.5. The molecule has 5 aliphatic heterocycles. The quantitative estimate of drug-likeness (QED) is 0.124. The smallest absolute Gasteiger partial charge is 0.308 e. The van der Waals surface area contributed by atoms with Gasteiger partial charge in [0.05, 0.1) is 30.4 Å². The summed E-state index contributed by atoms with van der Waals surface area (Å²) in [5, 5.41) is 6.76. The minimum absolute atomic E-state index is 0.198. The third kappa shape index (κ3) is 2.63. The van der Waals surface area contributed by atoms with Crippen molar-refractivity contribution in [2.45, 2.75) is 44.6 Å². The monoisotopic (exact) mass is 697 g/mol. The van der Waals surface area contributed by atoms with E-state index in [2.05, 4.69) is 178 Å². The molecule has 0 fully saturated rings. The SMILES string of the molecule is CC1(C)c2ccccc2N2c3cccc4c3C35c6c7c(cc8c9ccccc9n(c68)-c6cc([Si](C)(C)C)cc([n+]63)-c3ccc1c2[n+]35)c1ccccc1n7-4. The third-order valence-corrected chi connectivity index (χ3v) is 15.7. The Morgan fingerprint density at radius 2 is 1.19 bits per heavy atom. The Kier molecular flexibility index (Phi) is 4.25. The normalized spacial score (nSPS) is 18.5. The Bertz CT molecular complexity index is 3320. The summed E-state index contributed by atoms with van der Waals surface area (Å²) >= 11 is 0. The molecule has 4 aromatic heterocycles. The van der Waals surface area contributed by atoms with Crippen molar-refractivity contribution in [3.05, 3.63) is 144 Å². The van der Waals surface area contributed by atoms with E-state index in [9.17, 15) is 0 Å². The van der Waals surface area contributed by atoms with Gasteiger partial charge in [-0.25, -0.2) is 0 Å². The first-order valence-corrected chi connectivity index (χ1v) is 22.5. The van der Waals surface area contributed by atoms with Crippen LogP contribution in [0.2, 0.25) is 19.6 Å². The van der Waals surface area contributed by atoms with E-state index in [1.807, 2.05) is 0 Å². The first-order chi connectivity index (χ1) is 25.7. The molecule has 5 nitrogen and oxygen atoms in total. The predicted molar refractivity (Wildman–Crippen MR) is 216 cm³/mol. The summed E-state index contributed by atoms with van der Waals surface area (Å²) < 4.78 is 10.8. The largest absolute Gasteiger partial charge is 0.319 e. The van der Waals surface area contributed by atoms with Gasteiger partial charge in [0.2, 0.25) is 0 Å². The molecular formula is C47H35N5Si+2. The maximum absolute atomic E-state index is 2.80. The summed E-state index contributed by atoms with van der Waals surface area (Å²) in [6.07, 6.45) is 0. The van der Waals surface area contributed by atoms with Crippen molar-refractivity contribution in [1.29, 1.82) is 0 Å². The van der Waals surface area contributed by atoms with Crippen LogP contribution in [0.5, 0.6) is 0 Å². The van der Waals surface area contributed by atoms with Gasteiger partial charge >= 0.3 is 5.66 Å². The van der Waals surface area contributed by atoms with E-state index in [-0.39, 0.29) is 5.41 Å². The van der Waals surface area contributed by atoms with Crippen molar-refractivity contribution in [2.24, 2.45) is 0 Å². The zero-order valence-corrected chi connectivity index (χ0v) is 31.3. The highest BCUT2D eigenvalue weighted by Crippen LogP contribution is 2.62. The highest BCUT2D eigenvalue weighted by molar-refractivity contribution is 6.88. The molecule has 0 saturated heterocycles. The summed E-state index contributed by atoms with van der Waals surface area (Å²) in [6.45, 7) is 12.3. The van der Waals surface area contributed by atoms with E-state index >= 15 is 0 Å². The van der Waals surface area contributed by atoms with Gasteiger partial charge in [-0.1, -0.05) is 88.1 Å². The van der Waals surface area contributed by atoms with Crippen LogP contribution in [0.3, 0.4) is 0 Å². The summed E-state index contributed by atoms with van der Waals surface area (Å²) in [7, 11) is -1.77. The Hall–Kier alpha value is -5.98. The number of fused-ring (bicyclic) bond motifs is 12. The summed E-state index contributed by atoms with van der Waals surface area (Å²) in [6, 6.07) is 47.0. The van der Waals surface area contributed by atoms with Gasteiger partial charge in [0.25, 0.3) is 11.6 Å². The maximum atomic E-state index is 2.80. The van der Waals surface area contributed by atoms with Crippen LogP contribution in [0.4, 0.5) is 17.2 Å². The number of aromatic nitrogens is 4. The minimum Gasteiger partial charge on any atom is -0.308 e. The summed E-state index contributed by atoms with van der Waals surface area (Å²) in [5.41, 5.74) is 16.2. The lowest BCUT2D eigenvalue weighted by Gasteiger charge is -2.45. The fourth-order valence-electron chi connectivity index (χ4n) is 11.5. The second kappa shape index (κ2) is 8.14. The van der Waals surface area contributed by atoms with Crippen molar-refractivity contribution >= 4 is 74.1 Å². The molecule has 9 aromatic rings. The van der Waals surface area contributed by atoms with Crippen LogP contribution in [0.25, 0.3) is 66.5 Å². The molecule has 0 aliphatic carbocycles. The van der Waals surface area contributed by atoms with Crippen molar-refractivity contribution in [1.82, 2.24) is 9.13 Å². The molecule has 0 radical (unpaired) electrons. The Morgan fingerprint density at radius 1 is 0.528 bits per heavy atom. The standard InChI is InChI=1S/C47H35N5Si/c1-46(2)31-15-8-11-18-35(31)49-38-20-12-19-37-41(38)47-42-43-29(27-13-6-9-16-33(27)48(37)43)25-30-28-14-7-10-17-34(28)50(44(30)42)40-24-26(53(3,4)5)23-39(51(40)47)36-22-21-32(46)45(49)52(36)47/h6-25H,1-5H3/q+2. The number of para-hydroxylation sites is 3. The zero-order chi connectivity index (χ0) is 35.1. The average molecular weight is 698 g/mol. The highest BCUT2D eigenvalue weighted by atomic mass is 28.3. The average Bonchev–Trinajstić information content (AvgIpc) is 3.79. The first-order valence-electron chi connectivity index (χ1n) is 19.0. The Balaban J connectivity index is 1.35. The molecular weight excluding hydrogens is 663 g/mol. The molecule has 5 aromatic carbocycles. The molecule has 1 unspecified atom stereocenters.